The van der Waals surface area contributed by atoms with Gasteiger partial charge in [-0.2, -0.15) is 0 Å². The van der Waals surface area contributed by atoms with E-state index < -0.39 is 66.1 Å². The Bertz CT molecular complexity index is 248. The molecule has 0 bridgehead atoms. The van der Waals surface area contributed by atoms with Crippen LogP contribution in [-0.4, -0.2) is 70.5 Å². The van der Waals surface area contributed by atoms with Crippen molar-refractivity contribution in [2.75, 3.05) is 26.6 Å². The van der Waals surface area contributed by atoms with Gasteiger partial charge in [0.1, 0.15) is 0 Å². The van der Waals surface area contributed by atoms with Crippen LogP contribution in [0.1, 0.15) is 13.8 Å². The molecule has 0 aliphatic rings. The van der Waals surface area contributed by atoms with E-state index in [1.165, 1.54) is 0 Å². The molecule has 0 aliphatic carbocycles. The van der Waals surface area contributed by atoms with E-state index in [-0.39, 0.29) is 13.2 Å². The van der Waals surface area contributed by atoms with Crippen molar-refractivity contribution >= 4 is 19.2 Å². The van der Waals surface area contributed by atoms with Crippen molar-refractivity contribution in [3.63, 3.8) is 0 Å². The van der Waals surface area contributed by atoms with Gasteiger partial charge in [-0.3, -0.25) is 0 Å². The Morgan fingerprint density at radius 3 is 1.29 bits per heavy atom. The Labute approximate surface area is 126 Å². The van der Waals surface area contributed by atoms with Crippen molar-refractivity contribution in [1.29, 1.82) is 0 Å². The molecular formula is C12H22F6O2Sn. The van der Waals surface area contributed by atoms with Crippen LogP contribution >= 0.6 is 0 Å². The summed E-state index contributed by atoms with van der Waals surface area (Å²) in [7, 11) is 0. The maximum absolute atomic E-state index is 13.7. The van der Waals surface area contributed by atoms with Gasteiger partial charge in [0.15, 0.2) is 0 Å². The van der Waals surface area contributed by atoms with Crippen LogP contribution < -0.4 is 0 Å². The van der Waals surface area contributed by atoms with E-state index in [1.807, 2.05) is 0 Å². The molecule has 9 heteroatoms. The molecule has 0 N–H and O–H groups in total. The number of rotatable bonds is 12. The van der Waals surface area contributed by atoms with E-state index in [0.717, 1.165) is 0 Å². The fourth-order valence-corrected chi connectivity index (χ4v) is 11.8. The molecular weight excluding hydrogens is 409 g/mol. The van der Waals surface area contributed by atoms with Gasteiger partial charge in [-0.1, -0.05) is 0 Å². The van der Waals surface area contributed by atoms with Crippen LogP contribution in [0.4, 0.5) is 26.3 Å². The van der Waals surface area contributed by atoms with Gasteiger partial charge in [-0.15, -0.1) is 0 Å². The van der Waals surface area contributed by atoms with E-state index in [4.69, 9.17) is 6.15 Å². The normalized spacial score (nSPS) is 18.3. The van der Waals surface area contributed by atoms with Gasteiger partial charge in [0.25, 0.3) is 0 Å². The van der Waals surface area contributed by atoms with Crippen molar-refractivity contribution in [1.82, 2.24) is 0 Å². The molecule has 0 rings (SSSR count). The first kappa shape index (κ1) is 21.3. The molecule has 0 aromatic heterocycles. The first-order valence-electron chi connectivity index (χ1n) is 6.81. The molecule has 21 heavy (non-hydrogen) atoms. The average molecular weight is 431 g/mol. The molecule has 2 nitrogen and oxygen atoms in total. The molecule has 0 aromatic carbocycles. The molecule has 128 valence electrons. The van der Waals surface area contributed by atoms with E-state index in [9.17, 15) is 26.3 Å². The molecule has 0 amide bonds. The molecule has 0 saturated carbocycles. The van der Waals surface area contributed by atoms with E-state index >= 15 is 0 Å². The van der Waals surface area contributed by atoms with Gasteiger partial charge in [-0.05, 0) is 0 Å². The van der Waals surface area contributed by atoms with Crippen LogP contribution in [0.25, 0.3) is 0 Å². The Kier molecular flexibility index (Phi) is 11.1. The van der Waals surface area contributed by atoms with Gasteiger partial charge in [0.2, 0.25) is 0 Å². The number of alkyl halides is 6. The summed E-state index contributed by atoms with van der Waals surface area (Å²) in [5.41, 5.74) is 0. The van der Waals surface area contributed by atoms with Gasteiger partial charge in [0, 0.05) is 0 Å². The summed E-state index contributed by atoms with van der Waals surface area (Å²) in [6.45, 7) is 0.168. The van der Waals surface area contributed by atoms with Crippen molar-refractivity contribution in [2.24, 2.45) is 0 Å². The van der Waals surface area contributed by atoms with Crippen LogP contribution in [0, 0.1) is 0 Å². The first-order chi connectivity index (χ1) is 9.85. The third-order valence-corrected chi connectivity index (χ3v) is 13.3. The summed E-state index contributed by atoms with van der Waals surface area (Å²) in [6.07, 6.45) is -9.14. The topological polar surface area (TPSA) is 18.5 Å². The zero-order chi connectivity index (χ0) is 16.5. The average Bonchev–Trinajstić information content (AvgIpc) is 2.45. The summed E-state index contributed by atoms with van der Waals surface area (Å²) in [6, 6.07) is 0. The summed E-state index contributed by atoms with van der Waals surface area (Å²) >= 11 is -4.51. The van der Waals surface area contributed by atoms with Crippen LogP contribution in [0.2, 0.25) is 8.87 Å². The zero-order valence-corrected chi connectivity index (χ0v) is 15.0. The zero-order valence-electron chi connectivity index (χ0n) is 12.1. The molecule has 4 atom stereocenters. The number of hydrogen-bond acceptors (Lipinski definition) is 2. The molecule has 0 heterocycles. The van der Waals surface area contributed by atoms with Crippen molar-refractivity contribution in [2.45, 2.75) is 47.4 Å². The maximum atomic E-state index is 13.7. The molecule has 0 aromatic rings. The summed E-state index contributed by atoms with van der Waals surface area (Å²) in [5, 5.41) is 0. The van der Waals surface area contributed by atoms with Crippen LogP contribution in [0.5, 0.6) is 0 Å². The van der Waals surface area contributed by atoms with Gasteiger partial charge in [0.05, 0.1) is 0 Å². The van der Waals surface area contributed by atoms with E-state index in [2.05, 4.69) is 0 Å². The van der Waals surface area contributed by atoms with E-state index in [0.29, 0.717) is 0 Å². The quantitative estimate of drug-likeness (QED) is 0.346. The van der Waals surface area contributed by atoms with Gasteiger partial charge >= 0.3 is 126 Å². The minimum absolute atomic E-state index is 0.0503. The Morgan fingerprint density at radius 2 is 1.05 bits per heavy atom. The standard InChI is InChI=1S/2C4H6F3.2C2H5O.Sn/c2*1-3(6)4(7)2-5;2*1-2-3;/h2*3-4H,1-2H2;2*2H2,1H3;/q;;2*-1;+2. The fourth-order valence-electron chi connectivity index (χ4n) is 1.93. The summed E-state index contributed by atoms with van der Waals surface area (Å²) in [4.78, 5) is 0. The van der Waals surface area contributed by atoms with Gasteiger partial charge in [-0.25, -0.2) is 0 Å². The van der Waals surface area contributed by atoms with Gasteiger partial charge < -0.3 is 0 Å². The van der Waals surface area contributed by atoms with Crippen LogP contribution in [0.3, 0.4) is 0 Å². The molecule has 0 aliphatic heterocycles. The third-order valence-electron chi connectivity index (χ3n) is 2.91. The Morgan fingerprint density at radius 1 is 0.714 bits per heavy atom. The minimum atomic E-state index is -4.51. The monoisotopic (exact) mass is 432 g/mol. The van der Waals surface area contributed by atoms with Crippen molar-refractivity contribution in [3.8, 4) is 0 Å². The molecule has 0 spiro atoms. The predicted molar refractivity (Wildman–Crippen MR) is 70.2 cm³/mol. The second-order valence-electron chi connectivity index (χ2n) is 4.56. The molecule has 0 radical (unpaired) electrons. The Balaban J connectivity index is 5.04. The molecule has 0 fully saturated rings. The van der Waals surface area contributed by atoms with Crippen LogP contribution in [-0.2, 0) is 6.15 Å². The van der Waals surface area contributed by atoms with E-state index in [1.54, 1.807) is 13.8 Å². The number of halogens is 6. The Hall–Kier alpha value is 0.299. The first-order valence-corrected chi connectivity index (χ1v) is 13.2. The molecule has 0 saturated heterocycles. The summed E-state index contributed by atoms with van der Waals surface area (Å²) < 4.78 is 87.2. The van der Waals surface area contributed by atoms with Crippen molar-refractivity contribution in [3.05, 3.63) is 0 Å². The summed E-state index contributed by atoms with van der Waals surface area (Å²) in [5.74, 6) is 0. The fraction of sp³-hybridized carbons (Fsp3) is 1.00. The second kappa shape index (κ2) is 10.9. The van der Waals surface area contributed by atoms with Crippen LogP contribution in [0.15, 0.2) is 0 Å². The number of hydrogen-bond donors (Lipinski definition) is 0. The predicted octanol–water partition coefficient (Wildman–Crippen LogP) is 3.79. The molecule has 4 unspecified atom stereocenters. The second-order valence-corrected chi connectivity index (χ2v) is 13.7. The third kappa shape index (κ3) is 7.40. The SMILES string of the molecule is CC[O][Sn]([CH2]C(F)C(F)CF)([CH2]C(F)C(F)CF)[O]CC. The van der Waals surface area contributed by atoms with Crippen molar-refractivity contribution < 1.29 is 32.5 Å².